The van der Waals surface area contributed by atoms with Gasteiger partial charge in [-0.2, -0.15) is 0 Å². The zero-order chi connectivity index (χ0) is 12.4. The molecule has 17 heavy (non-hydrogen) atoms. The molecular weight excluding hydrogens is 252 g/mol. The average molecular weight is 273 g/mol. The molecule has 0 aromatic carbocycles. The first kappa shape index (κ1) is 13.3. The minimum atomic E-state index is 0.422. The normalized spacial score (nSPS) is 27.4. The molecule has 1 saturated carbocycles. The first-order chi connectivity index (χ1) is 8.08. The van der Waals surface area contributed by atoms with E-state index < -0.39 is 0 Å². The Morgan fingerprint density at radius 3 is 2.53 bits per heavy atom. The predicted molar refractivity (Wildman–Crippen MR) is 75.7 cm³/mol. The monoisotopic (exact) mass is 272 g/mol. The number of halogens is 1. The second kappa shape index (κ2) is 5.70. The maximum atomic E-state index is 6.00. The molecule has 1 aliphatic rings. The quantitative estimate of drug-likeness (QED) is 0.910. The Morgan fingerprint density at radius 1 is 1.35 bits per heavy atom. The van der Waals surface area contributed by atoms with Crippen molar-refractivity contribution >= 4 is 22.9 Å². The summed E-state index contributed by atoms with van der Waals surface area (Å²) in [7, 11) is 2.22. The van der Waals surface area contributed by atoms with E-state index in [0.717, 1.165) is 17.2 Å². The Bertz CT molecular complexity index is 358. The van der Waals surface area contributed by atoms with Crippen LogP contribution in [0.4, 0.5) is 0 Å². The van der Waals surface area contributed by atoms with Gasteiger partial charge in [0.05, 0.1) is 4.34 Å². The van der Waals surface area contributed by atoms with Crippen LogP contribution in [0.5, 0.6) is 0 Å². The molecule has 1 fully saturated rings. The molecule has 0 bridgehead atoms. The van der Waals surface area contributed by atoms with Gasteiger partial charge in [0, 0.05) is 23.0 Å². The van der Waals surface area contributed by atoms with E-state index in [0.29, 0.717) is 18.1 Å². The van der Waals surface area contributed by atoms with E-state index in [-0.39, 0.29) is 0 Å². The molecule has 1 heterocycles. The van der Waals surface area contributed by atoms with Gasteiger partial charge in [0.1, 0.15) is 0 Å². The molecule has 0 amide bonds. The lowest BCUT2D eigenvalue weighted by Gasteiger charge is -2.36. The Hall–Kier alpha value is -0.0900. The van der Waals surface area contributed by atoms with E-state index >= 15 is 0 Å². The fourth-order valence-corrected chi connectivity index (χ4v) is 3.74. The molecule has 1 atom stereocenters. The topological polar surface area (TPSA) is 29.3 Å². The maximum Gasteiger partial charge on any atom is 0.0931 e. The molecule has 1 unspecified atom stereocenters. The molecule has 0 aliphatic heterocycles. The van der Waals surface area contributed by atoms with E-state index in [1.54, 1.807) is 11.3 Å². The molecular formula is C13H21ClN2S. The lowest BCUT2D eigenvalue weighted by Crippen LogP contribution is -2.39. The van der Waals surface area contributed by atoms with Crippen molar-refractivity contribution in [3.05, 3.63) is 21.3 Å². The maximum absolute atomic E-state index is 6.00. The highest BCUT2D eigenvalue weighted by molar-refractivity contribution is 7.16. The Morgan fingerprint density at radius 2 is 2.00 bits per heavy atom. The van der Waals surface area contributed by atoms with Crippen molar-refractivity contribution in [2.45, 2.75) is 50.7 Å². The molecule has 4 heteroatoms. The summed E-state index contributed by atoms with van der Waals surface area (Å²) in [4.78, 5) is 3.83. The number of nitrogens with zero attached hydrogens (tertiary/aromatic N) is 1. The highest BCUT2D eigenvalue weighted by Gasteiger charge is 2.25. The van der Waals surface area contributed by atoms with Gasteiger partial charge in [0.25, 0.3) is 0 Å². The third kappa shape index (κ3) is 3.22. The molecule has 96 valence electrons. The number of hydrogen-bond donors (Lipinski definition) is 1. The number of rotatable bonds is 3. The highest BCUT2D eigenvalue weighted by atomic mass is 35.5. The van der Waals surface area contributed by atoms with Gasteiger partial charge in [-0.05, 0) is 51.8 Å². The van der Waals surface area contributed by atoms with Gasteiger partial charge >= 0.3 is 0 Å². The summed E-state index contributed by atoms with van der Waals surface area (Å²) < 4.78 is 0.880. The van der Waals surface area contributed by atoms with E-state index in [4.69, 9.17) is 17.3 Å². The summed E-state index contributed by atoms with van der Waals surface area (Å²) in [5.41, 5.74) is 5.95. The molecule has 0 spiro atoms. The third-order valence-corrected chi connectivity index (χ3v) is 5.34. The molecule has 0 saturated heterocycles. The van der Waals surface area contributed by atoms with Crippen LogP contribution in [0.2, 0.25) is 4.34 Å². The fourth-order valence-electron chi connectivity index (χ4n) is 2.58. The number of nitrogens with two attached hydrogens (primary N) is 1. The predicted octanol–water partition coefficient (Wildman–Crippen LogP) is 3.66. The van der Waals surface area contributed by atoms with Crippen molar-refractivity contribution in [3.63, 3.8) is 0 Å². The van der Waals surface area contributed by atoms with Crippen LogP contribution in [0, 0.1) is 0 Å². The number of hydrogen-bond acceptors (Lipinski definition) is 3. The Labute approximate surface area is 113 Å². The second-order valence-corrected chi connectivity index (χ2v) is 6.80. The van der Waals surface area contributed by atoms with Crippen LogP contribution in [0.3, 0.4) is 0 Å². The van der Waals surface area contributed by atoms with Gasteiger partial charge in [-0.3, -0.25) is 4.90 Å². The van der Waals surface area contributed by atoms with Crippen molar-refractivity contribution in [1.82, 2.24) is 4.90 Å². The first-order valence-corrected chi connectivity index (χ1v) is 7.50. The molecule has 1 aromatic heterocycles. The lowest BCUT2D eigenvalue weighted by atomic mass is 9.90. The second-order valence-electron chi connectivity index (χ2n) is 5.05. The van der Waals surface area contributed by atoms with E-state index in [2.05, 4.69) is 24.9 Å². The summed E-state index contributed by atoms with van der Waals surface area (Å²) in [6, 6.07) is 5.68. The summed E-state index contributed by atoms with van der Waals surface area (Å²) in [5.74, 6) is 0. The van der Waals surface area contributed by atoms with Crippen molar-refractivity contribution in [3.8, 4) is 0 Å². The van der Waals surface area contributed by atoms with Gasteiger partial charge in [0.2, 0.25) is 0 Å². The Balaban J connectivity index is 1.97. The van der Waals surface area contributed by atoms with Gasteiger partial charge < -0.3 is 5.73 Å². The molecule has 0 radical (unpaired) electrons. The zero-order valence-electron chi connectivity index (χ0n) is 10.5. The van der Waals surface area contributed by atoms with Crippen molar-refractivity contribution in [2.24, 2.45) is 5.73 Å². The van der Waals surface area contributed by atoms with Gasteiger partial charge in [-0.15, -0.1) is 11.3 Å². The largest absolute Gasteiger partial charge is 0.328 e. The Kier molecular flexibility index (Phi) is 4.47. The summed E-state index contributed by atoms with van der Waals surface area (Å²) >= 11 is 7.69. The van der Waals surface area contributed by atoms with Crippen LogP contribution in [0.15, 0.2) is 12.1 Å². The van der Waals surface area contributed by atoms with Crippen molar-refractivity contribution in [1.29, 1.82) is 0 Å². The van der Waals surface area contributed by atoms with Crippen molar-refractivity contribution in [2.75, 3.05) is 7.05 Å². The van der Waals surface area contributed by atoms with E-state index in [9.17, 15) is 0 Å². The highest BCUT2D eigenvalue weighted by Crippen LogP contribution is 2.33. The van der Waals surface area contributed by atoms with Gasteiger partial charge in [-0.25, -0.2) is 0 Å². The van der Waals surface area contributed by atoms with Crippen LogP contribution in [-0.2, 0) is 0 Å². The fraction of sp³-hybridized carbons (Fsp3) is 0.692. The molecule has 2 N–H and O–H groups in total. The number of thiophene rings is 1. The standard InChI is InChI=1S/C13H21ClN2S/c1-9(12-7-8-13(14)17-12)16(2)11-5-3-10(15)4-6-11/h7-11H,3-6,15H2,1-2H3. The zero-order valence-corrected chi connectivity index (χ0v) is 12.1. The van der Waals surface area contributed by atoms with Crippen LogP contribution >= 0.6 is 22.9 Å². The van der Waals surface area contributed by atoms with Gasteiger partial charge in [-0.1, -0.05) is 11.6 Å². The van der Waals surface area contributed by atoms with Crippen LogP contribution < -0.4 is 5.73 Å². The van der Waals surface area contributed by atoms with Crippen LogP contribution in [-0.4, -0.2) is 24.0 Å². The minimum Gasteiger partial charge on any atom is -0.328 e. The smallest absolute Gasteiger partial charge is 0.0931 e. The molecule has 1 aromatic rings. The van der Waals surface area contributed by atoms with Gasteiger partial charge in [0.15, 0.2) is 0 Å². The molecule has 2 nitrogen and oxygen atoms in total. The average Bonchev–Trinajstić information content (AvgIpc) is 2.75. The summed E-state index contributed by atoms with van der Waals surface area (Å²) in [5, 5.41) is 0. The van der Waals surface area contributed by atoms with E-state index in [1.165, 1.54) is 17.7 Å². The summed E-state index contributed by atoms with van der Waals surface area (Å²) in [6.45, 7) is 2.26. The molecule has 1 aliphatic carbocycles. The van der Waals surface area contributed by atoms with E-state index in [1.807, 2.05) is 6.07 Å². The van der Waals surface area contributed by atoms with Crippen LogP contribution in [0.25, 0.3) is 0 Å². The van der Waals surface area contributed by atoms with Crippen LogP contribution in [0.1, 0.15) is 43.5 Å². The SMILES string of the molecule is CC(c1ccc(Cl)s1)N(C)C1CCC(N)CC1. The first-order valence-electron chi connectivity index (χ1n) is 6.30. The summed E-state index contributed by atoms with van der Waals surface area (Å²) in [6.07, 6.45) is 4.77. The minimum absolute atomic E-state index is 0.422. The lowest BCUT2D eigenvalue weighted by molar-refractivity contribution is 0.142. The third-order valence-electron chi connectivity index (χ3n) is 3.93. The molecule has 2 rings (SSSR count). The van der Waals surface area contributed by atoms with Crippen molar-refractivity contribution < 1.29 is 0 Å².